The predicted octanol–water partition coefficient (Wildman–Crippen LogP) is 1.20. The van der Waals surface area contributed by atoms with Crippen LogP contribution in [0.25, 0.3) is 0 Å². The van der Waals surface area contributed by atoms with Crippen molar-refractivity contribution in [1.82, 2.24) is 10.6 Å². The van der Waals surface area contributed by atoms with Crippen LogP contribution in [0.1, 0.15) is 52.4 Å². The van der Waals surface area contributed by atoms with Gasteiger partial charge in [-0.2, -0.15) is 0 Å². The van der Waals surface area contributed by atoms with Gasteiger partial charge in [0.05, 0.1) is 18.8 Å². The summed E-state index contributed by atoms with van der Waals surface area (Å²) in [7, 11) is 0. The molecule has 7 nitrogen and oxygen atoms in total. The van der Waals surface area contributed by atoms with E-state index in [-0.39, 0.29) is 24.5 Å². The van der Waals surface area contributed by atoms with E-state index in [4.69, 9.17) is 4.74 Å². The molecule has 5 N–H and O–H groups in total. The average Bonchev–Trinajstić information content (AvgIpc) is 2.97. The van der Waals surface area contributed by atoms with Crippen LogP contribution in [0.3, 0.4) is 0 Å². The molecule has 2 saturated heterocycles. The molecule has 0 aromatic carbocycles. The second kappa shape index (κ2) is 12.6. The standard InChI is InChI=1S/C21H39FN2O5S/c1-12(2)15(19-17(26)16(25)18(27)21(29-19)30-3)24-20(28)14-8-7-13(9-11-23-14)6-4-5-10-22/h12-19,21,23,25-27H,4-11H2,1-3H3,(H,24,28)/t13-,14-,15?,16-,17+,18+,19+,21+/m0/s1. The van der Waals surface area contributed by atoms with Crippen LogP contribution < -0.4 is 10.6 Å². The van der Waals surface area contributed by atoms with E-state index < -0.39 is 35.9 Å². The van der Waals surface area contributed by atoms with E-state index in [1.165, 1.54) is 11.8 Å². The van der Waals surface area contributed by atoms with Crippen LogP contribution >= 0.6 is 11.8 Å². The van der Waals surface area contributed by atoms with Gasteiger partial charge in [0.2, 0.25) is 5.91 Å². The molecule has 2 fully saturated rings. The van der Waals surface area contributed by atoms with Crippen LogP contribution in [0, 0.1) is 11.8 Å². The zero-order valence-electron chi connectivity index (χ0n) is 18.3. The maximum Gasteiger partial charge on any atom is 0.237 e. The zero-order valence-corrected chi connectivity index (χ0v) is 19.1. The third kappa shape index (κ3) is 6.77. The lowest BCUT2D eigenvalue weighted by atomic mass is 9.88. The number of rotatable bonds is 9. The van der Waals surface area contributed by atoms with E-state index in [0.29, 0.717) is 18.8 Å². The smallest absolute Gasteiger partial charge is 0.237 e. The fourth-order valence-electron chi connectivity index (χ4n) is 4.41. The summed E-state index contributed by atoms with van der Waals surface area (Å²) in [5.74, 6) is 0.318. The van der Waals surface area contributed by atoms with E-state index >= 15 is 0 Å². The lowest BCUT2D eigenvalue weighted by Gasteiger charge is -2.44. The number of aliphatic hydroxyl groups excluding tert-OH is 3. The SMILES string of the molecule is CS[C@H]1O[C@H](C(NC(=O)[C@@H]2CC[C@H](CCCCF)CCN2)C(C)C)[C@H](O)[C@H](O)[C@H]1O. The van der Waals surface area contributed by atoms with Crippen molar-refractivity contribution in [2.75, 3.05) is 19.5 Å². The topological polar surface area (TPSA) is 111 Å². The van der Waals surface area contributed by atoms with Gasteiger partial charge in [-0.25, -0.2) is 0 Å². The molecule has 0 bridgehead atoms. The molecule has 2 aliphatic rings. The van der Waals surface area contributed by atoms with Crippen LogP contribution in [0.4, 0.5) is 4.39 Å². The highest BCUT2D eigenvalue weighted by atomic mass is 32.2. The zero-order chi connectivity index (χ0) is 22.3. The first-order valence-electron chi connectivity index (χ1n) is 11.1. The molecule has 1 unspecified atom stereocenters. The number of ether oxygens (including phenoxy) is 1. The van der Waals surface area contributed by atoms with Crippen molar-refractivity contribution >= 4 is 17.7 Å². The highest BCUT2D eigenvalue weighted by molar-refractivity contribution is 7.99. The lowest BCUT2D eigenvalue weighted by Crippen LogP contribution is -2.64. The van der Waals surface area contributed by atoms with Gasteiger partial charge in [0, 0.05) is 0 Å². The van der Waals surface area contributed by atoms with Crippen molar-refractivity contribution in [1.29, 1.82) is 0 Å². The van der Waals surface area contributed by atoms with E-state index in [1.54, 1.807) is 6.26 Å². The number of hydrogen-bond acceptors (Lipinski definition) is 7. The summed E-state index contributed by atoms with van der Waals surface area (Å²) in [5, 5.41) is 37.2. The second-order valence-corrected chi connectivity index (χ2v) is 9.81. The van der Waals surface area contributed by atoms with Gasteiger partial charge in [-0.1, -0.05) is 26.7 Å². The number of nitrogens with one attached hydrogen (secondary N) is 2. The number of alkyl halides is 1. The number of aliphatic hydroxyl groups is 3. The Labute approximate surface area is 183 Å². The molecule has 2 heterocycles. The molecular formula is C21H39FN2O5S. The third-order valence-electron chi connectivity index (χ3n) is 6.34. The molecule has 1 amide bonds. The number of amides is 1. The largest absolute Gasteiger partial charge is 0.388 e. The molecule has 2 aliphatic heterocycles. The third-order valence-corrected chi connectivity index (χ3v) is 7.19. The van der Waals surface area contributed by atoms with E-state index in [9.17, 15) is 24.5 Å². The van der Waals surface area contributed by atoms with Crippen molar-refractivity contribution in [3.8, 4) is 0 Å². The van der Waals surface area contributed by atoms with Crippen molar-refractivity contribution in [2.45, 2.75) is 94.3 Å². The minimum Gasteiger partial charge on any atom is -0.388 e. The fraction of sp³-hybridized carbons (Fsp3) is 0.952. The second-order valence-electron chi connectivity index (χ2n) is 8.88. The van der Waals surface area contributed by atoms with Crippen molar-refractivity contribution in [3.05, 3.63) is 0 Å². The molecule has 176 valence electrons. The number of halogens is 1. The molecule has 9 heteroatoms. The number of carbonyl (C=O) groups excluding carboxylic acids is 1. The van der Waals surface area contributed by atoms with E-state index in [2.05, 4.69) is 10.6 Å². The van der Waals surface area contributed by atoms with Gasteiger partial charge >= 0.3 is 0 Å². The first kappa shape index (κ1) is 25.8. The molecule has 0 saturated carbocycles. The fourth-order valence-corrected chi connectivity index (χ4v) is 5.09. The van der Waals surface area contributed by atoms with Crippen LogP contribution in [0.2, 0.25) is 0 Å². The quantitative estimate of drug-likeness (QED) is 0.336. The molecular weight excluding hydrogens is 411 g/mol. The Morgan fingerprint density at radius 2 is 1.90 bits per heavy atom. The Bertz CT molecular complexity index is 528. The highest BCUT2D eigenvalue weighted by Crippen LogP contribution is 2.30. The highest BCUT2D eigenvalue weighted by Gasteiger charge is 2.47. The van der Waals surface area contributed by atoms with Crippen LogP contribution in [-0.2, 0) is 9.53 Å². The summed E-state index contributed by atoms with van der Waals surface area (Å²) < 4.78 is 18.2. The Kier molecular flexibility index (Phi) is 10.8. The lowest BCUT2D eigenvalue weighted by molar-refractivity contribution is -0.208. The molecule has 0 aromatic heterocycles. The van der Waals surface area contributed by atoms with Gasteiger partial charge < -0.3 is 30.7 Å². The summed E-state index contributed by atoms with van der Waals surface area (Å²) in [5.41, 5.74) is -0.673. The van der Waals surface area contributed by atoms with E-state index in [0.717, 1.165) is 32.2 Å². The van der Waals surface area contributed by atoms with Crippen LogP contribution in [0.15, 0.2) is 0 Å². The number of hydrogen-bond donors (Lipinski definition) is 5. The first-order valence-corrected chi connectivity index (χ1v) is 12.4. The predicted molar refractivity (Wildman–Crippen MR) is 116 cm³/mol. The Morgan fingerprint density at radius 3 is 2.53 bits per heavy atom. The Balaban J connectivity index is 1.98. The monoisotopic (exact) mass is 450 g/mol. The van der Waals surface area contributed by atoms with Crippen LogP contribution in [0.5, 0.6) is 0 Å². The molecule has 0 spiro atoms. The average molecular weight is 451 g/mol. The first-order chi connectivity index (χ1) is 14.3. The van der Waals surface area contributed by atoms with Crippen molar-refractivity contribution in [3.63, 3.8) is 0 Å². The molecule has 0 radical (unpaired) electrons. The Hall–Kier alpha value is -0.450. The molecule has 8 atom stereocenters. The van der Waals surface area contributed by atoms with Gasteiger partial charge in [0.25, 0.3) is 0 Å². The summed E-state index contributed by atoms with van der Waals surface area (Å²) in [4.78, 5) is 13.0. The van der Waals surface area contributed by atoms with Gasteiger partial charge in [0.15, 0.2) is 0 Å². The summed E-state index contributed by atoms with van der Waals surface area (Å²) >= 11 is 1.26. The minimum atomic E-state index is -1.33. The minimum absolute atomic E-state index is 0.0437. The maximum atomic E-state index is 13.0. The number of unbranched alkanes of at least 4 members (excludes halogenated alkanes) is 1. The van der Waals surface area contributed by atoms with E-state index in [1.807, 2.05) is 13.8 Å². The molecule has 2 rings (SSSR count). The Morgan fingerprint density at radius 1 is 1.17 bits per heavy atom. The summed E-state index contributed by atoms with van der Waals surface area (Å²) in [6.07, 6.45) is 2.22. The van der Waals surface area contributed by atoms with Gasteiger partial charge in [-0.05, 0) is 50.3 Å². The normalized spacial score (nSPS) is 36.3. The van der Waals surface area contributed by atoms with Gasteiger partial charge in [-0.15, -0.1) is 11.8 Å². The van der Waals surface area contributed by atoms with Gasteiger partial charge in [0.1, 0.15) is 29.9 Å². The van der Waals surface area contributed by atoms with Gasteiger partial charge in [-0.3, -0.25) is 9.18 Å². The van der Waals surface area contributed by atoms with Crippen molar-refractivity contribution in [2.24, 2.45) is 11.8 Å². The molecule has 0 aliphatic carbocycles. The summed E-state index contributed by atoms with van der Waals surface area (Å²) in [6.45, 7) is 4.32. The van der Waals surface area contributed by atoms with Crippen molar-refractivity contribution < 1.29 is 29.2 Å². The van der Waals surface area contributed by atoms with Crippen LogP contribution in [-0.4, -0.2) is 82.6 Å². The molecule has 0 aromatic rings. The summed E-state index contributed by atoms with van der Waals surface area (Å²) in [6, 6.07) is -0.834. The maximum absolute atomic E-state index is 13.0. The number of thioether (sulfide) groups is 1. The number of carbonyl (C=O) groups is 1. The molecule has 30 heavy (non-hydrogen) atoms.